The third kappa shape index (κ3) is 9.49. The summed E-state index contributed by atoms with van der Waals surface area (Å²) in [5.41, 5.74) is 0. The number of hydrogen-bond donors (Lipinski definition) is 3. The van der Waals surface area contributed by atoms with Crippen molar-refractivity contribution in [2.45, 2.75) is 24.4 Å². The molecule has 4 atom stereocenters. The molecule has 21 heavy (non-hydrogen) atoms. The Kier molecular flexibility index (Phi) is 11.6. The van der Waals surface area contributed by atoms with E-state index < -0.39 is 58.3 Å². The van der Waals surface area contributed by atoms with Gasteiger partial charge in [0.25, 0.3) is 0 Å². The maximum absolute atomic E-state index is 10.4. The van der Waals surface area contributed by atoms with Gasteiger partial charge in [-0.3, -0.25) is 4.18 Å². The molecule has 0 spiro atoms. The van der Waals surface area contributed by atoms with E-state index in [0.717, 1.165) is 0 Å². The Morgan fingerprint density at radius 1 is 1.14 bits per heavy atom. The first kappa shape index (κ1) is 24.9. The number of hydrogen-bond acceptors (Lipinski definition) is 10. The van der Waals surface area contributed by atoms with E-state index in [9.17, 15) is 36.2 Å². The van der Waals surface area contributed by atoms with Gasteiger partial charge in [-0.25, -0.2) is 21.6 Å². The smallest absolute Gasteiger partial charge is 0.735 e. The van der Waals surface area contributed by atoms with Crippen LogP contribution < -0.4 is 63.8 Å². The van der Waals surface area contributed by atoms with Gasteiger partial charge in [0.1, 0.15) is 18.3 Å². The summed E-state index contributed by atoms with van der Waals surface area (Å²) in [7, 11) is -9.85. The number of ether oxygens (including phenoxy) is 1. The van der Waals surface area contributed by atoms with Gasteiger partial charge in [0.15, 0.2) is 10.3 Å². The molecule has 0 radical (unpaired) electrons. The molecule has 1 aliphatic heterocycles. The molecule has 0 aromatic rings. The second-order valence-electron chi connectivity index (χ2n) is 3.72. The SMILES string of the molecule is O=S(=O)([O-])NC1COC(COS(=O)(=O)[O-])C(O)C1O.[Na+].[Na+]. The number of aliphatic hydroxyl groups excluding tert-OH is 2. The Bertz CT molecular complexity index is 508. The van der Waals surface area contributed by atoms with Gasteiger partial charge in [0, 0.05) is 0 Å². The standard InChI is InChI=1S/C6H13NO10S2.2Na/c8-5-3(7-18(10,11)12)1-16-4(6(5)9)2-17-19(13,14)15;;/h3-9H,1-2H2,(H,10,11,12)(H,13,14,15);;/q;2*+1/p-2. The third-order valence-corrected chi connectivity index (χ3v) is 3.32. The molecule has 0 aliphatic carbocycles. The molecule has 1 aliphatic rings. The molecule has 0 aromatic carbocycles. The van der Waals surface area contributed by atoms with Crippen LogP contribution in [0.3, 0.4) is 0 Å². The predicted molar refractivity (Wildman–Crippen MR) is 54.0 cm³/mol. The molecule has 0 aromatic heterocycles. The minimum Gasteiger partial charge on any atom is -0.735 e. The normalized spacial score (nSPS) is 30.1. The van der Waals surface area contributed by atoms with Gasteiger partial charge in [-0.2, -0.15) is 0 Å². The maximum Gasteiger partial charge on any atom is 1.00 e. The average molecular weight is 367 g/mol. The molecule has 0 saturated carbocycles. The summed E-state index contributed by atoms with van der Waals surface area (Å²) >= 11 is 0. The summed E-state index contributed by atoms with van der Waals surface area (Å²) in [6.07, 6.45) is -4.82. The molecule has 15 heteroatoms. The van der Waals surface area contributed by atoms with E-state index in [4.69, 9.17) is 4.74 Å². The van der Waals surface area contributed by atoms with Crippen LogP contribution in [-0.4, -0.2) is 73.7 Å². The summed E-state index contributed by atoms with van der Waals surface area (Å²) in [6.45, 7) is -1.35. The van der Waals surface area contributed by atoms with Gasteiger partial charge in [0.2, 0.25) is 10.4 Å². The van der Waals surface area contributed by atoms with Crippen LogP contribution >= 0.6 is 0 Å². The summed E-state index contributed by atoms with van der Waals surface area (Å²) in [4.78, 5) is 0. The van der Waals surface area contributed by atoms with Crippen LogP contribution in [0.5, 0.6) is 0 Å². The van der Waals surface area contributed by atoms with Crippen molar-refractivity contribution in [3.8, 4) is 0 Å². The Hall–Kier alpha value is 1.62. The Balaban J connectivity index is 0. The molecule has 114 valence electrons. The van der Waals surface area contributed by atoms with E-state index >= 15 is 0 Å². The van der Waals surface area contributed by atoms with Crippen molar-refractivity contribution in [2.75, 3.05) is 13.2 Å². The van der Waals surface area contributed by atoms with Gasteiger partial charge in [-0.1, -0.05) is 0 Å². The Morgan fingerprint density at radius 2 is 1.67 bits per heavy atom. The molecule has 0 bridgehead atoms. The summed E-state index contributed by atoms with van der Waals surface area (Å²) < 4.78 is 72.0. The molecule has 4 unspecified atom stereocenters. The molecule has 1 heterocycles. The van der Waals surface area contributed by atoms with E-state index in [2.05, 4.69) is 4.18 Å². The molecule has 0 amide bonds. The molecular formula is C6H11NNa2O10S2. The summed E-state index contributed by atoms with van der Waals surface area (Å²) in [6, 6.07) is -1.39. The second kappa shape index (κ2) is 9.80. The van der Waals surface area contributed by atoms with Gasteiger partial charge in [0.05, 0.1) is 19.3 Å². The maximum atomic E-state index is 10.4. The van der Waals surface area contributed by atoms with E-state index in [1.807, 2.05) is 0 Å². The zero-order valence-corrected chi connectivity index (χ0v) is 16.8. The van der Waals surface area contributed by atoms with Crippen LogP contribution in [0.2, 0.25) is 0 Å². The van der Waals surface area contributed by atoms with Crippen molar-refractivity contribution in [1.29, 1.82) is 0 Å². The fraction of sp³-hybridized carbons (Fsp3) is 1.00. The predicted octanol–water partition coefficient (Wildman–Crippen LogP) is -9.99. The van der Waals surface area contributed by atoms with Crippen molar-refractivity contribution >= 4 is 20.7 Å². The first-order chi connectivity index (χ1) is 8.49. The number of rotatable bonds is 5. The first-order valence-corrected chi connectivity index (χ1v) is 7.55. The minimum atomic E-state index is -4.99. The van der Waals surface area contributed by atoms with Gasteiger partial charge in [-0.05, 0) is 0 Å². The molecule has 1 fully saturated rings. The molecule has 1 rings (SSSR count). The van der Waals surface area contributed by atoms with Crippen molar-refractivity contribution in [2.24, 2.45) is 0 Å². The first-order valence-electron chi connectivity index (χ1n) is 4.81. The van der Waals surface area contributed by atoms with Crippen LogP contribution in [-0.2, 0) is 29.6 Å². The second-order valence-corrected chi connectivity index (χ2v) is 5.92. The van der Waals surface area contributed by atoms with Crippen molar-refractivity contribution in [3.63, 3.8) is 0 Å². The average Bonchev–Trinajstić information content (AvgIpc) is 2.21. The molecular weight excluding hydrogens is 356 g/mol. The van der Waals surface area contributed by atoms with Gasteiger partial charge in [-0.15, -0.1) is 0 Å². The summed E-state index contributed by atoms with van der Waals surface area (Å²) in [5, 5.41) is 19.0. The van der Waals surface area contributed by atoms with E-state index in [1.54, 1.807) is 0 Å². The third-order valence-electron chi connectivity index (χ3n) is 2.31. The van der Waals surface area contributed by atoms with Crippen LogP contribution in [0.15, 0.2) is 0 Å². The van der Waals surface area contributed by atoms with Gasteiger partial charge >= 0.3 is 59.1 Å². The van der Waals surface area contributed by atoms with Crippen molar-refractivity contribution < 1.29 is 104 Å². The fourth-order valence-corrected chi connectivity index (χ4v) is 2.35. The van der Waals surface area contributed by atoms with E-state index in [-0.39, 0.29) is 59.1 Å². The van der Waals surface area contributed by atoms with Crippen molar-refractivity contribution in [1.82, 2.24) is 4.72 Å². The monoisotopic (exact) mass is 367 g/mol. The fourth-order valence-electron chi connectivity index (χ4n) is 1.47. The topological polar surface area (TPSA) is 185 Å². The number of nitrogens with one attached hydrogen (secondary N) is 1. The largest absolute Gasteiger partial charge is 1.00 e. The Morgan fingerprint density at radius 3 is 2.10 bits per heavy atom. The van der Waals surface area contributed by atoms with Crippen LogP contribution in [0.4, 0.5) is 0 Å². The molecule has 11 nitrogen and oxygen atoms in total. The number of aliphatic hydroxyl groups is 2. The van der Waals surface area contributed by atoms with E-state index in [1.165, 1.54) is 4.72 Å². The molecule has 3 N–H and O–H groups in total. The zero-order chi connectivity index (χ0) is 14.8. The van der Waals surface area contributed by atoms with Crippen LogP contribution in [0.1, 0.15) is 0 Å². The quantitative estimate of drug-likeness (QED) is 0.239. The van der Waals surface area contributed by atoms with Crippen LogP contribution in [0.25, 0.3) is 0 Å². The minimum absolute atomic E-state index is 0. The Labute approximate surface area is 165 Å². The van der Waals surface area contributed by atoms with Gasteiger partial charge < -0.3 is 24.1 Å². The van der Waals surface area contributed by atoms with Crippen LogP contribution in [0, 0.1) is 0 Å². The zero-order valence-electron chi connectivity index (χ0n) is 11.2. The van der Waals surface area contributed by atoms with E-state index in [0.29, 0.717) is 0 Å². The van der Waals surface area contributed by atoms with Crippen molar-refractivity contribution in [3.05, 3.63) is 0 Å². The summed E-state index contributed by atoms with van der Waals surface area (Å²) in [5.74, 6) is 0. The molecule has 1 saturated heterocycles.